The highest BCUT2D eigenvalue weighted by atomic mass is 19.4. The number of hydrogen-bond acceptors (Lipinski definition) is 3. The number of rotatable bonds is 2. The second-order valence-corrected chi connectivity index (χ2v) is 1.89. The average Bonchev–Trinajstić information content (AvgIpc) is 1.84. The Bertz CT molecular complexity index is 110. The van der Waals surface area contributed by atoms with Gasteiger partial charge in [-0.2, -0.15) is 13.2 Å². The normalized spacial score (nSPS) is 18.6. The van der Waals surface area contributed by atoms with Crippen molar-refractivity contribution in [1.29, 1.82) is 0 Å². The van der Waals surface area contributed by atoms with Crippen molar-refractivity contribution in [1.82, 2.24) is 0 Å². The van der Waals surface area contributed by atoms with Crippen molar-refractivity contribution >= 4 is 0 Å². The summed E-state index contributed by atoms with van der Waals surface area (Å²) in [6.07, 6.45) is -4.86. The Balaban J connectivity index is 4.33. The molecule has 0 aromatic heterocycles. The number of aliphatic hydroxyl groups excluding tert-OH is 1. The monoisotopic (exact) mass is 159 g/mol. The number of aliphatic hydroxyl groups is 2. The van der Waals surface area contributed by atoms with Crippen LogP contribution < -0.4 is 5.73 Å². The summed E-state index contributed by atoms with van der Waals surface area (Å²) in [5.74, 6) is 0. The first-order chi connectivity index (χ1) is 4.37. The minimum absolute atomic E-state index is 1.03. The van der Waals surface area contributed by atoms with E-state index < -0.39 is 24.9 Å². The van der Waals surface area contributed by atoms with E-state index in [0.717, 1.165) is 0 Å². The summed E-state index contributed by atoms with van der Waals surface area (Å²) in [5, 5.41) is 16.5. The minimum atomic E-state index is -4.86. The maximum atomic E-state index is 11.6. The second kappa shape index (κ2) is 2.73. The summed E-state index contributed by atoms with van der Waals surface area (Å²) in [6, 6.07) is 0. The molecule has 0 unspecified atom stereocenters. The molecule has 0 fully saturated rings. The molecule has 0 amide bonds. The number of alkyl halides is 3. The van der Waals surface area contributed by atoms with E-state index in [1.165, 1.54) is 0 Å². The zero-order valence-electron chi connectivity index (χ0n) is 5.02. The molecule has 0 spiro atoms. The Kier molecular flexibility index (Phi) is 2.64. The van der Waals surface area contributed by atoms with Crippen molar-refractivity contribution in [3.8, 4) is 0 Å². The third-order valence-electron chi connectivity index (χ3n) is 1.13. The molecule has 0 radical (unpaired) electrons. The van der Waals surface area contributed by atoms with Gasteiger partial charge in [0.05, 0.1) is 6.61 Å². The molecule has 0 aliphatic carbocycles. The molecule has 0 aromatic carbocycles. The number of nitrogens with two attached hydrogens (primary N) is 1. The fourth-order valence-electron chi connectivity index (χ4n) is 0.270. The van der Waals surface area contributed by atoms with Gasteiger partial charge in [-0.15, -0.1) is 0 Å². The first-order valence-electron chi connectivity index (χ1n) is 2.47. The maximum Gasteiger partial charge on any atom is 0.420 e. The zero-order valence-corrected chi connectivity index (χ0v) is 5.02. The van der Waals surface area contributed by atoms with Crippen LogP contribution in [0.4, 0.5) is 13.2 Å². The zero-order chi connectivity index (χ0) is 8.41. The lowest BCUT2D eigenvalue weighted by molar-refractivity contribution is -0.266. The molecule has 0 rings (SSSR count). The van der Waals surface area contributed by atoms with E-state index in [1.54, 1.807) is 0 Å². The van der Waals surface area contributed by atoms with Crippen LogP contribution in [-0.4, -0.2) is 35.1 Å². The molecule has 0 saturated carbocycles. The first-order valence-corrected chi connectivity index (χ1v) is 2.47. The van der Waals surface area contributed by atoms with Gasteiger partial charge in [-0.05, 0) is 0 Å². The Morgan fingerprint density at radius 3 is 1.70 bits per heavy atom. The van der Waals surface area contributed by atoms with E-state index in [-0.39, 0.29) is 0 Å². The molecule has 0 bridgehead atoms. The standard InChI is InChI=1S/C4H8F3NO2/c5-4(6,7)3(10,1-8)2-9/h9-10H,1-2,8H2/t3-/m0/s1. The smallest absolute Gasteiger partial charge is 0.393 e. The Morgan fingerprint density at radius 1 is 1.30 bits per heavy atom. The fourth-order valence-corrected chi connectivity index (χ4v) is 0.270. The minimum Gasteiger partial charge on any atom is -0.393 e. The summed E-state index contributed by atoms with van der Waals surface area (Å²) < 4.78 is 34.8. The van der Waals surface area contributed by atoms with Crippen LogP contribution in [0.15, 0.2) is 0 Å². The van der Waals surface area contributed by atoms with E-state index in [0.29, 0.717) is 0 Å². The summed E-state index contributed by atoms with van der Waals surface area (Å²) in [7, 11) is 0. The Hall–Kier alpha value is -0.330. The molecule has 0 aliphatic rings. The predicted molar refractivity (Wildman–Crippen MR) is 27.1 cm³/mol. The van der Waals surface area contributed by atoms with Crippen LogP contribution in [0.1, 0.15) is 0 Å². The van der Waals surface area contributed by atoms with Crippen LogP contribution in [0.2, 0.25) is 0 Å². The van der Waals surface area contributed by atoms with Gasteiger partial charge in [0.15, 0.2) is 5.60 Å². The molecule has 0 heterocycles. The van der Waals surface area contributed by atoms with Gasteiger partial charge >= 0.3 is 6.18 Å². The first kappa shape index (κ1) is 9.67. The SMILES string of the molecule is NC[C@](O)(CO)C(F)(F)F. The largest absolute Gasteiger partial charge is 0.420 e. The van der Waals surface area contributed by atoms with Crippen LogP contribution in [0, 0.1) is 0 Å². The molecule has 1 atom stereocenters. The van der Waals surface area contributed by atoms with E-state index in [9.17, 15) is 13.2 Å². The molecule has 6 heteroatoms. The summed E-state index contributed by atoms with van der Waals surface area (Å²) in [6.45, 7) is -2.44. The highest BCUT2D eigenvalue weighted by molar-refractivity contribution is 4.86. The van der Waals surface area contributed by atoms with Crippen molar-refractivity contribution < 1.29 is 23.4 Å². The fraction of sp³-hybridized carbons (Fsp3) is 1.00. The molecule has 4 N–H and O–H groups in total. The van der Waals surface area contributed by atoms with Crippen molar-refractivity contribution in [2.24, 2.45) is 5.73 Å². The van der Waals surface area contributed by atoms with E-state index >= 15 is 0 Å². The number of hydrogen-bond donors (Lipinski definition) is 3. The molecule has 0 aromatic rings. The van der Waals surface area contributed by atoms with E-state index in [4.69, 9.17) is 10.2 Å². The molecule has 62 valence electrons. The van der Waals surface area contributed by atoms with Gasteiger partial charge in [0.1, 0.15) is 0 Å². The van der Waals surface area contributed by atoms with Crippen molar-refractivity contribution in [2.45, 2.75) is 11.8 Å². The molecule has 0 saturated heterocycles. The van der Waals surface area contributed by atoms with E-state index in [2.05, 4.69) is 5.73 Å². The van der Waals surface area contributed by atoms with Gasteiger partial charge in [0.25, 0.3) is 0 Å². The predicted octanol–water partition coefficient (Wildman–Crippen LogP) is -0.769. The lowest BCUT2D eigenvalue weighted by atomic mass is 10.1. The summed E-state index contributed by atoms with van der Waals surface area (Å²) in [4.78, 5) is 0. The molecule has 3 nitrogen and oxygen atoms in total. The molecule has 10 heavy (non-hydrogen) atoms. The molecular formula is C4H8F3NO2. The lowest BCUT2D eigenvalue weighted by Crippen LogP contribution is -2.54. The van der Waals surface area contributed by atoms with Crippen LogP contribution in [0.25, 0.3) is 0 Å². The second-order valence-electron chi connectivity index (χ2n) is 1.89. The lowest BCUT2D eigenvalue weighted by Gasteiger charge is -2.26. The topological polar surface area (TPSA) is 66.5 Å². The quantitative estimate of drug-likeness (QED) is 0.495. The Morgan fingerprint density at radius 2 is 1.70 bits per heavy atom. The molecular weight excluding hydrogens is 151 g/mol. The van der Waals surface area contributed by atoms with Crippen LogP contribution in [0.5, 0.6) is 0 Å². The highest BCUT2D eigenvalue weighted by Gasteiger charge is 2.52. The maximum absolute atomic E-state index is 11.6. The highest BCUT2D eigenvalue weighted by Crippen LogP contribution is 2.28. The van der Waals surface area contributed by atoms with Gasteiger partial charge in [-0.3, -0.25) is 0 Å². The Labute approximate surface area is 55.3 Å². The van der Waals surface area contributed by atoms with Crippen molar-refractivity contribution in [3.05, 3.63) is 0 Å². The third kappa shape index (κ3) is 1.59. The van der Waals surface area contributed by atoms with Gasteiger partial charge < -0.3 is 15.9 Å². The average molecular weight is 159 g/mol. The van der Waals surface area contributed by atoms with Gasteiger partial charge in [0, 0.05) is 6.54 Å². The van der Waals surface area contributed by atoms with Crippen molar-refractivity contribution in [2.75, 3.05) is 13.2 Å². The van der Waals surface area contributed by atoms with Gasteiger partial charge in [-0.25, -0.2) is 0 Å². The third-order valence-corrected chi connectivity index (χ3v) is 1.13. The van der Waals surface area contributed by atoms with Gasteiger partial charge in [0.2, 0.25) is 0 Å². The summed E-state index contributed by atoms with van der Waals surface area (Å²) in [5.41, 5.74) is 1.43. The number of halogens is 3. The van der Waals surface area contributed by atoms with E-state index in [1.807, 2.05) is 0 Å². The van der Waals surface area contributed by atoms with Gasteiger partial charge in [-0.1, -0.05) is 0 Å². The molecule has 0 aliphatic heterocycles. The summed E-state index contributed by atoms with van der Waals surface area (Å²) >= 11 is 0. The van der Waals surface area contributed by atoms with Crippen LogP contribution in [0.3, 0.4) is 0 Å². The van der Waals surface area contributed by atoms with Crippen LogP contribution >= 0.6 is 0 Å². The van der Waals surface area contributed by atoms with Crippen molar-refractivity contribution in [3.63, 3.8) is 0 Å². The van der Waals surface area contributed by atoms with Crippen LogP contribution in [-0.2, 0) is 0 Å².